The summed E-state index contributed by atoms with van der Waals surface area (Å²) in [6.07, 6.45) is 1.18. The Morgan fingerprint density at radius 2 is 1.93 bits per heavy atom. The number of aliphatic hydroxyl groups is 1. The smallest absolute Gasteiger partial charge is 0.191 e. The lowest BCUT2D eigenvalue weighted by atomic mass is 10.0. The molecule has 0 bridgehead atoms. The van der Waals surface area contributed by atoms with Gasteiger partial charge in [0.1, 0.15) is 5.82 Å². The van der Waals surface area contributed by atoms with Gasteiger partial charge in [-0.25, -0.2) is 4.39 Å². The van der Waals surface area contributed by atoms with Gasteiger partial charge >= 0.3 is 0 Å². The van der Waals surface area contributed by atoms with Crippen molar-refractivity contribution >= 4 is 47.2 Å². The monoisotopic (exact) mass is 546 g/mol. The molecule has 1 aliphatic rings. The molecule has 3 rings (SSSR count). The number of halogens is 3. The predicted octanol–water partition coefficient (Wildman–Crippen LogP) is 4.35. The highest BCUT2D eigenvalue weighted by atomic mass is 127. The average Bonchev–Trinajstić information content (AvgIpc) is 2.73. The minimum atomic E-state index is -0.683. The highest BCUT2D eigenvalue weighted by Crippen LogP contribution is 2.21. The molecule has 8 heteroatoms. The lowest BCUT2D eigenvalue weighted by molar-refractivity contribution is 0.187. The van der Waals surface area contributed by atoms with Crippen LogP contribution in [0.2, 0.25) is 5.02 Å². The number of rotatable bonds is 6. The molecule has 1 atom stereocenters. The average molecular weight is 547 g/mol. The Morgan fingerprint density at radius 3 is 2.57 bits per heavy atom. The zero-order valence-electron chi connectivity index (χ0n) is 17.0. The van der Waals surface area contributed by atoms with Gasteiger partial charge < -0.3 is 20.6 Å². The third-order valence-corrected chi connectivity index (χ3v) is 5.28. The molecule has 2 aromatic rings. The van der Waals surface area contributed by atoms with E-state index in [1.165, 1.54) is 6.07 Å². The van der Waals surface area contributed by atoms with E-state index >= 15 is 0 Å². The largest absolute Gasteiger partial charge is 0.386 e. The minimum absolute atomic E-state index is 0. The van der Waals surface area contributed by atoms with Crippen LogP contribution in [-0.4, -0.2) is 43.3 Å². The summed E-state index contributed by atoms with van der Waals surface area (Å²) in [6.45, 7) is 4.73. The first-order chi connectivity index (χ1) is 14.0. The molecule has 3 N–H and O–H groups in total. The molecule has 0 spiro atoms. The van der Waals surface area contributed by atoms with Gasteiger partial charge in [0.25, 0.3) is 0 Å². The number of hydrogen-bond donors (Lipinski definition) is 3. The summed E-state index contributed by atoms with van der Waals surface area (Å²) in [6, 6.07) is 14.2. The van der Waals surface area contributed by atoms with Crippen LogP contribution in [-0.2, 0) is 0 Å². The Bertz CT molecular complexity index is 813. The van der Waals surface area contributed by atoms with Crippen molar-refractivity contribution in [2.75, 3.05) is 31.1 Å². The van der Waals surface area contributed by atoms with Crippen LogP contribution in [0, 0.1) is 5.82 Å². The van der Waals surface area contributed by atoms with Gasteiger partial charge in [-0.1, -0.05) is 29.8 Å². The summed E-state index contributed by atoms with van der Waals surface area (Å²) in [5.41, 5.74) is 1.72. The summed E-state index contributed by atoms with van der Waals surface area (Å²) in [5.74, 6) is 0.494. The third-order valence-electron chi connectivity index (χ3n) is 5.03. The number of hydrogen-bond acceptors (Lipinski definition) is 3. The Balaban J connectivity index is 0.00000320. The van der Waals surface area contributed by atoms with Crippen molar-refractivity contribution in [3.05, 3.63) is 64.9 Å². The molecule has 1 fully saturated rings. The maximum absolute atomic E-state index is 13.5. The Morgan fingerprint density at radius 1 is 1.23 bits per heavy atom. The van der Waals surface area contributed by atoms with E-state index in [9.17, 15) is 9.50 Å². The molecule has 0 radical (unpaired) electrons. The normalized spacial score (nSPS) is 16.0. The van der Waals surface area contributed by atoms with E-state index in [1.54, 1.807) is 24.3 Å². The van der Waals surface area contributed by atoms with E-state index in [1.807, 2.05) is 25.1 Å². The molecule has 0 aliphatic carbocycles. The molecule has 1 saturated heterocycles. The SMILES string of the molecule is CCNC(=NCC(O)c1ccc(Cl)cc1)NC1CCN(c2cccc(F)c2)CC1.I. The summed E-state index contributed by atoms with van der Waals surface area (Å²) in [4.78, 5) is 6.75. The summed E-state index contributed by atoms with van der Waals surface area (Å²) < 4.78 is 13.5. The van der Waals surface area contributed by atoms with Crippen LogP contribution < -0.4 is 15.5 Å². The molecule has 1 heterocycles. The van der Waals surface area contributed by atoms with E-state index in [0.29, 0.717) is 11.0 Å². The van der Waals surface area contributed by atoms with Gasteiger partial charge in [-0.15, -0.1) is 24.0 Å². The number of nitrogens with zero attached hydrogens (tertiary/aromatic N) is 2. The molecule has 164 valence electrons. The van der Waals surface area contributed by atoms with Gasteiger partial charge in [0.05, 0.1) is 12.6 Å². The predicted molar refractivity (Wildman–Crippen MR) is 133 cm³/mol. The van der Waals surface area contributed by atoms with E-state index in [2.05, 4.69) is 20.5 Å². The highest BCUT2D eigenvalue weighted by Gasteiger charge is 2.20. The number of anilines is 1. The molecule has 1 unspecified atom stereocenters. The standard InChI is InChI=1S/C22H28ClFN4O.HI/c1-2-25-22(26-15-21(29)16-6-8-17(23)9-7-16)27-19-10-12-28(13-11-19)20-5-3-4-18(24)14-20;/h3-9,14,19,21,29H,2,10-13,15H2,1H3,(H2,25,26,27);1H. The van der Waals surface area contributed by atoms with Crippen LogP contribution in [0.5, 0.6) is 0 Å². The second-order valence-electron chi connectivity index (χ2n) is 7.17. The molecule has 30 heavy (non-hydrogen) atoms. The quantitative estimate of drug-likeness (QED) is 0.286. The fourth-order valence-corrected chi connectivity index (χ4v) is 3.56. The zero-order valence-corrected chi connectivity index (χ0v) is 20.1. The lowest BCUT2D eigenvalue weighted by Crippen LogP contribution is -2.48. The number of nitrogens with one attached hydrogen (secondary N) is 2. The zero-order chi connectivity index (χ0) is 20.6. The number of guanidine groups is 1. The Hall–Kier alpha value is -1.58. The lowest BCUT2D eigenvalue weighted by Gasteiger charge is -2.34. The van der Waals surface area contributed by atoms with Crippen molar-refractivity contribution in [2.24, 2.45) is 4.99 Å². The second kappa shape index (κ2) is 12.3. The maximum Gasteiger partial charge on any atom is 0.191 e. The molecule has 0 saturated carbocycles. The Kier molecular flexibility index (Phi) is 10.1. The van der Waals surface area contributed by atoms with Crippen LogP contribution in [0.25, 0.3) is 0 Å². The van der Waals surface area contributed by atoms with Crippen molar-refractivity contribution in [1.82, 2.24) is 10.6 Å². The van der Waals surface area contributed by atoms with Crippen molar-refractivity contribution in [3.8, 4) is 0 Å². The van der Waals surface area contributed by atoms with Gasteiger partial charge in [0.2, 0.25) is 0 Å². The highest BCUT2D eigenvalue weighted by molar-refractivity contribution is 14.0. The van der Waals surface area contributed by atoms with E-state index in [4.69, 9.17) is 11.6 Å². The van der Waals surface area contributed by atoms with Gasteiger partial charge in [0.15, 0.2) is 5.96 Å². The van der Waals surface area contributed by atoms with E-state index < -0.39 is 6.10 Å². The van der Waals surface area contributed by atoms with Gasteiger partial charge in [-0.2, -0.15) is 0 Å². The molecule has 0 amide bonds. The van der Waals surface area contributed by atoms with Gasteiger partial charge in [-0.3, -0.25) is 4.99 Å². The van der Waals surface area contributed by atoms with Crippen LogP contribution in [0.1, 0.15) is 31.4 Å². The van der Waals surface area contributed by atoms with Crippen molar-refractivity contribution in [1.29, 1.82) is 0 Å². The molecule has 5 nitrogen and oxygen atoms in total. The maximum atomic E-state index is 13.5. The van der Waals surface area contributed by atoms with Gasteiger partial charge in [0, 0.05) is 36.4 Å². The molecular weight excluding hydrogens is 518 g/mol. The third kappa shape index (κ3) is 7.28. The van der Waals surface area contributed by atoms with Crippen LogP contribution in [0.15, 0.2) is 53.5 Å². The molecule has 2 aromatic carbocycles. The first-order valence-electron chi connectivity index (χ1n) is 10.0. The van der Waals surface area contributed by atoms with Crippen molar-refractivity contribution in [2.45, 2.75) is 31.9 Å². The van der Waals surface area contributed by atoms with E-state index in [0.717, 1.165) is 43.7 Å². The second-order valence-corrected chi connectivity index (χ2v) is 7.61. The van der Waals surface area contributed by atoms with Crippen LogP contribution in [0.3, 0.4) is 0 Å². The fraction of sp³-hybridized carbons (Fsp3) is 0.409. The summed E-state index contributed by atoms with van der Waals surface area (Å²) >= 11 is 5.90. The number of benzene rings is 2. The first-order valence-corrected chi connectivity index (χ1v) is 10.4. The fourth-order valence-electron chi connectivity index (χ4n) is 3.44. The number of aliphatic hydroxyl groups excluding tert-OH is 1. The first kappa shape index (κ1) is 24.7. The number of piperidine rings is 1. The summed E-state index contributed by atoms with van der Waals surface area (Å²) in [7, 11) is 0. The number of aliphatic imine (C=N–C) groups is 1. The molecular formula is C22H29ClFIN4O. The van der Waals surface area contributed by atoms with Crippen LogP contribution >= 0.6 is 35.6 Å². The van der Waals surface area contributed by atoms with Gasteiger partial charge in [-0.05, 0) is 55.7 Å². The molecule has 1 aliphatic heterocycles. The van der Waals surface area contributed by atoms with Crippen molar-refractivity contribution in [3.63, 3.8) is 0 Å². The van der Waals surface area contributed by atoms with Crippen LogP contribution in [0.4, 0.5) is 10.1 Å². The van der Waals surface area contributed by atoms with Crippen molar-refractivity contribution < 1.29 is 9.50 Å². The Labute approximate surface area is 199 Å². The molecule has 0 aromatic heterocycles. The minimum Gasteiger partial charge on any atom is -0.386 e. The van der Waals surface area contributed by atoms with E-state index in [-0.39, 0.29) is 42.4 Å². The topological polar surface area (TPSA) is 59.9 Å². The summed E-state index contributed by atoms with van der Waals surface area (Å²) in [5, 5.41) is 17.7.